The van der Waals surface area contributed by atoms with Gasteiger partial charge in [0.25, 0.3) is 0 Å². The Morgan fingerprint density at radius 3 is 2.73 bits per heavy atom. The van der Waals surface area contributed by atoms with Crippen LogP contribution >= 0.6 is 11.6 Å². The van der Waals surface area contributed by atoms with Crippen LogP contribution in [0, 0.1) is 0 Å². The molecule has 1 aromatic rings. The van der Waals surface area contributed by atoms with Gasteiger partial charge in [0.05, 0.1) is 12.8 Å². The minimum Gasteiger partial charge on any atom is -0.484 e. The molecule has 0 saturated heterocycles. The molecule has 0 heterocycles. The Morgan fingerprint density at radius 2 is 2.14 bits per heavy atom. The first kappa shape index (κ1) is 16.4. The van der Waals surface area contributed by atoms with E-state index in [1.54, 1.807) is 6.07 Å². The van der Waals surface area contributed by atoms with Crippen molar-refractivity contribution in [3.63, 3.8) is 0 Å². The van der Waals surface area contributed by atoms with Gasteiger partial charge in [-0.05, 0) is 37.5 Å². The number of nitrogens with one attached hydrogen (secondary N) is 1. The average molecular weight is 324 g/mol. The molecular formula is C16H18ClNO4. The van der Waals surface area contributed by atoms with E-state index < -0.39 is 5.97 Å². The number of anilines is 1. The van der Waals surface area contributed by atoms with Crippen molar-refractivity contribution in [2.24, 2.45) is 0 Å². The van der Waals surface area contributed by atoms with Crippen LogP contribution in [0.1, 0.15) is 36.5 Å². The molecule has 1 unspecified atom stereocenters. The third-order valence-corrected chi connectivity index (χ3v) is 3.67. The van der Waals surface area contributed by atoms with Crippen LogP contribution in [-0.2, 0) is 9.53 Å². The standard InChI is InChI=1S/C16H18ClNO4/c1-10(19)18-13-9-8-12(16(20)21-2)15(14(13)17)22-11-6-4-3-5-7-11/h4,6,8-9,11H,3,5,7H2,1-2H3,(H,18,19). The average Bonchev–Trinajstić information content (AvgIpc) is 2.51. The molecule has 1 amide bonds. The molecule has 0 radical (unpaired) electrons. The van der Waals surface area contributed by atoms with Gasteiger partial charge in [-0.15, -0.1) is 0 Å². The summed E-state index contributed by atoms with van der Waals surface area (Å²) in [7, 11) is 1.29. The first-order chi connectivity index (χ1) is 10.5. The van der Waals surface area contributed by atoms with Gasteiger partial charge in [0.2, 0.25) is 5.91 Å². The van der Waals surface area contributed by atoms with E-state index >= 15 is 0 Å². The third-order valence-electron chi connectivity index (χ3n) is 3.29. The molecule has 0 fully saturated rings. The van der Waals surface area contributed by atoms with Crippen molar-refractivity contribution in [3.05, 3.63) is 34.9 Å². The summed E-state index contributed by atoms with van der Waals surface area (Å²) in [6.07, 6.45) is 6.71. The van der Waals surface area contributed by atoms with Gasteiger partial charge in [-0.3, -0.25) is 4.79 Å². The number of methoxy groups -OCH3 is 1. The molecule has 1 aliphatic rings. The second kappa shape index (κ2) is 7.31. The number of ether oxygens (including phenoxy) is 2. The summed E-state index contributed by atoms with van der Waals surface area (Å²) in [6.45, 7) is 1.38. The Hall–Kier alpha value is -2.01. The Kier molecular flexibility index (Phi) is 5.44. The van der Waals surface area contributed by atoms with E-state index in [0.29, 0.717) is 5.69 Å². The van der Waals surface area contributed by atoms with Gasteiger partial charge in [0.15, 0.2) is 5.75 Å². The lowest BCUT2D eigenvalue weighted by Crippen LogP contribution is -2.18. The molecule has 2 rings (SSSR count). The van der Waals surface area contributed by atoms with Gasteiger partial charge in [-0.25, -0.2) is 4.79 Å². The van der Waals surface area contributed by atoms with Gasteiger partial charge in [-0.1, -0.05) is 17.7 Å². The van der Waals surface area contributed by atoms with Crippen molar-refractivity contribution in [3.8, 4) is 5.75 Å². The van der Waals surface area contributed by atoms with E-state index in [4.69, 9.17) is 21.1 Å². The predicted octanol–water partition coefficient (Wildman–Crippen LogP) is 3.57. The number of hydrogen-bond donors (Lipinski definition) is 1. The third kappa shape index (κ3) is 3.80. The van der Waals surface area contributed by atoms with E-state index in [2.05, 4.69) is 5.32 Å². The Morgan fingerprint density at radius 1 is 1.36 bits per heavy atom. The van der Waals surface area contributed by atoms with Crippen molar-refractivity contribution < 1.29 is 19.1 Å². The van der Waals surface area contributed by atoms with Crippen LogP contribution in [0.3, 0.4) is 0 Å². The molecule has 1 aromatic carbocycles. The Bertz CT molecular complexity index is 612. The van der Waals surface area contributed by atoms with Crippen LogP contribution in [0.4, 0.5) is 5.69 Å². The quantitative estimate of drug-likeness (QED) is 0.679. The van der Waals surface area contributed by atoms with E-state index in [9.17, 15) is 9.59 Å². The minimum atomic E-state index is -0.536. The number of allylic oxidation sites excluding steroid dienone is 1. The lowest BCUT2D eigenvalue weighted by Gasteiger charge is -2.22. The largest absolute Gasteiger partial charge is 0.484 e. The zero-order chi connectivity index (χ0) is 16.1. The fraction of sp³-hybridized carbons (Fsp3) is 0.375. The molecule has 0 aliphatic heterocycles. The van der Waals surface area contributed by atoms with Crippen LogP contribution in [0.25, 0.3) is 0 Å². The van der Waals surface area contributed by atoms with E-state index in [1.165, 1.54) is 20.1 Å². The Balaban J connectivity index is 2.40. The molecule has 1 N–H and O–H groups in total. The highest BCUT2D eigenvalue weighted by atomic mass is 35.5. The molecule has 0 spiro atoms. The zero-order valence-electron chi connectivity index (χ0n) is 12.5. The van der Waals surface area contributed by atoms with Gasteiger partial charge < -0.3 is 14.8 Å². The Labute approximate surface area is 134 Å². The van der Waals surface area contributed by atoms with Crippen molar-refractivity contribution >= 4 is 29.2 Å². The maximum Gasteiger partial charge on any atom is 0.341 e. The maximum absolute atomic E-state index is 11.9. The molecule has 0 bridgehead atoms. The summed E-state index contributed by atoms with van der Waals surface area (Å²) in [4.78, 5) is 23.1. The normalized spacial score (nSPS) is 17.0. The number of carbonyl (C=O) groups is 2. The van der Waals surface area contributed by atoms with E-state index in [-0.39, 0.29) is 28.3 Å². The molecule has 118 valence electrons. The number of hydrogen-bond acceptors (Lipinski definition) is 4. The van der Waals surface area contributed by atoms with Gasteiger partial charge >= 0.3 is 5.97 Å². The molecule has 1 aliphatic carbocycles. The fourth-order valence-electron chi connectivity index (χ4n) is 2.26. The first-order valence-corrected chi connectivity index (χ1v) is 7.42. The highest BCUT2D eigenvalue weighted by molar-refractivity contribution is 6.35. The SMILES string of the molecule is COC(=O)c1ccc(NC(C)=O)c(Cl)c1OC1C=CCCC1. The highest BCUT2D eigenvalue weighted by Crippen LogP contribution is 2.37. The van der Waals surface area contributed by atoms with E-state index in [1.807, 2.05) is 12.2 Å². The van der Waals surface area contributed by atoms with Crippen molar-refractivity contribution in [2.75, 3.05) is 12.4 Å². The van der Waals surface area contributed by atoms with Gasteiger partial charge in [0, 0.05) is 6.92 Å². The van der Waals surface area contributed by atoms with Crippen LogP contribution in [0.2, 0.25) is 5.02 Å². The predicted molar refractivity (Wildman–Crippen MR) is 84.5 cm³/mol. The molecule has 6 heteroatoms. The summed E-state index contributed by atoms with van der Waals surface area (Å²) in [5.41, 5.74) is 0.636. The number of rotatable bonds is 4. The minimum absolute atomic E-state index is 0.151. The summed E-state index contributed by atoms with van der Waals surface area (Å²) in [5, 5.41) is 2.81. The summed E-state index contributed by atoms with van der Waals surface area (Å²) in [6, 6.07) is 3.09. The monoisotopic (exact) mass is 323 g/mol. The summed E-state index contributed by atoms with van der Waals surface area (Å²) in [5.74, 6) is -0.557. The first-order valence-electron chi connectivity index (χ1n) is 7.04. The second-order valence-electron chi connectivity index (χ2n) is 4.99. The summed E-state index contributed by atoms with van der Waals surface area (Å²) >= 11 is 6.31. The molecule has 0 aromatic heterocycles. The van der Waals surface area contributed by atoms with Crippen LogP contribution in [0.15, 0.2) is 24.3 Å². The molecular weight excluding hydrogens is 306 g/mol. The van der Waals surface area contributed by atoms with Crippen molar-refractivity contribution in [1.82, 2.24) is 0 Å². The summed E-state index contributed by atoms with van der Waals surface area (Å²) < 4.78 is 10.7. The number of esters is 1. The molecule has 5 nitrogen and oxygen atoms in total. The van der Waals surface area contributed by atoms with Crippen LogP contribution in [0.5, 0.6) is 5.75 Å². The van der Waals surface area contributed by atoms with Crippen molar-refractivity contribution in [1.29, 1.82) is 0 Å². The maximum atomic E-state index is 11.9. The lowest BCUT2D eigenvalue weighted by molar-refractivity contribution is -0.114. The molecule has 0 saturated carbocycles. The van der Waals surface area contributed by atoms with Crippen molar-refractivity contribution in [2.45, 2.75) is 32.3 Å². The molecule has 1 atom stereocenters. The topological polar surface area (TPSA) is 64.6 Å². The lowest BCUT2D eigenvalue weighted by atomic mass is 10.1. The highest BCUT2D eigenvalue weighted by Gasteiger charge is 2.22. The van der Waals surface area contributed by atoms with Gasteiger partial charge in [-0.2, -0.15) is 0 Å². The smallest absolute Gasteiger partial charge is 0.341 e. The number of amides is 1. The van der Waals surface area contributed by atoms with Crippen LogP contribution in [-0.4, -0.2) is 25.1 Å². The van der Waals surface area contributed by atoms with Gasteiger partial charge in [0.1, 0.15) is 16.7 Å². The van der Waals surface area contributed by atoms with Crippen LogP contribution < -0.4 is 10.1 Å². The second-order valence-corrected chi connectivity index (χ2v) is 5.37. The molecule has 22 heavy (non-hydrogen) atoms. The number of benzene rings is 1. The fourth-order valence-corrected chi connectivity index (χ4v) is 2.52. The number of carbonyl (C=O) groups excluding carboxylic acids is 2. The zero-order valence-corrected chi connectivity index (χ0v) is 13.3. The van der Waals surface area contributed by atoms with E-state index in [0.717, 1.165) is 19.3 Å². The number of halogens is 1.